The summed E-state index contributed by atoms with van der Waals surface area (Å²) in [6.45, 7) is 0. The number of nitrogens with zero attached hydrogens (tertiary/aromatic N) is 1. The van der Waals surface area contributed by atoms with Crippen LogP contribution in [-0.4, -0.2) is 19.2 Å². The lowest BCUT2D eigenvalue weighted by Crippen LogP contribution is -2.13. The van der Waals surface area contributed by atoms with Gasteiger partial charge in [0, 0.05) is 27.4 Å². The molecule has 2 aromatic carbocycles. The molecule has 4 heteroatoms. The van der Waals surface area contributed by atoms with Crippen molar-refractivity contribution in [2.45, 2.75) is 0 Å². The van der Waals surface area contributed by atoms with Crippen LogP contribution in [0.5, 0.6) is 0 Å². The molecule has 2 aromatic rings. The summed E-state index contributed by atoms with van der Waals surface area (Å²) in [4.78, 5) is 24.3. The molecule has 0 unspecified atom stereocenters. The van der Waals surface area contributed by atoms with Crippen molar-refractivity contribution in [2.24, 2.45) is 0 Å². The predicted octanol–water partition coefficient (Wildman–Crippen LogP) is 3.11. The Hall–Kier alpha value is -1.69. The fraction of sp³-hybridized carbons (Fsp3) is 0.0667. The lowest BCUT2D eigenvalue weighted by Gasteiger charge is -2.10. The van der Waals surface area contributed by atoms with Crippen molar-refractivity contribution in [2.75, 3.05) is 11.9 Å². The minimum absolute atomic E-state index is 0.0169. The molecule has 0 bridgehead atoms. The Morgan fingerprint density at radius 2 is 1.47 bits per heavy atom. The highest BCUT2D eigenvalue weighted by molar-refractivity contribution is 14.1. The zero-order valence-corrected chi connectivity index (χ0v) is 12.5. The number of amides is 1. The van der Waals surface area contributed by atoms with Crippen molar-refractivity contribution in [3.63, 3.8) is 0 Å². The van der Waals surface area contributed by atoms with Gasteiger partial charge < -0.3 is 4.90 Å². The quantitative estimate of drug-likeness (QED) is 0.474. The van der Waals surface area contributed by atoms with Crippen molar-refractivity contribution in [1.82, 2.24) is 0 Å². The molecule has 0 aliphatic carbocycles. The second-order valence-electron chi connectivity index (χ2n) is 4.10. The zero-order valence-electron chi connectivity index (χ0n) is 10.3. The van der Waals surface area contributed by atoms with E-state index in [1.165, 1.54) is 4.90 Å². The summed E-state index contributed by atoms with van der Waals surface area (Å²) in [5.41, 5.74) is 2.04. The summed E-state index contributed by atoms with van der Waals surface area (Å²) in [5.74, 6) is -0.0169. The maximum Gasteiger partial charge on any atom is 0.213 e. The van der Waals surface area contributed by atoms with Crippen LogP contribution in [0.2, 0.25) is 0 Å². The van der Waals surface area contributed by atoms with E-state index >= 15 is 0 Å². The molecule has 2 rings (SSSR count). The third-order valence-corrected chi connectivity index (χ3v) is 3.52. The lowest BCUT2D eigenvalue weighted by atomic mass is 10.0. The van der Waals surface area contributed by atoms with Crippen molar-refractivity contribution in [1.29, 1.82) is 0 Å². The number of ketones is 1. The highest BCUT2D eigenvalue weighted by atomic mass is 127. The van der Waals surface area contributed by atoms with Gasteiger partial charge in [-0.05, 0) is 71.1 Å². The summed E-state index contributed by atoms with van der Waals surface area (Å²) in [5, 5.41) is 0. The largest absolute Gasteiger partial charge is 0.318 e. The van der Waals surface area contributed by atoms with Crippen molar-refractivity contribution in [3.8, 4) is 0 Å². The number of hydrogen-bond donors (Lipinski definition) is 0. The highest BCUT2D eigenvalue weighted by Crippen LogP contribution is 2.16. The van der Waals surface area contributed by atoms with Crippen LogP contribution >= 0.6 is 22.6 Å². The van der Waals surface area contributed by atoms with Gasteiger partial charge >= 0.3 is 0 Å². The first-order valence-electron chi connectivity index (χ1n) is 5.70. The lowest BCUT2D eigenvalue weighted by molar-refractivity contribution is -0.107. The molecule has 0 atom stereocenters. The van der Waals surface area contributed by atoms with Gasteiger partial charge in [0.25, 0.3) is 0 Å². The number of halogens is 1. The van der Waals surface area contributed by atoms with Crippen LogP contribution in [0.4, 0.5) is 5.69 Å². The second-order valence-corrected chi connectivity index (χ2v) is 5.34. The summed E-state index contributed by atoms with van der Waals surface area (Å²) in [6.07, 6.45) is 0.732. The van der Waals surface area contributed by atoms with E-state index in [0.717, 1.165) is 15.7 Å². The Morgan fingerprint density at radius 3 is 1.95 bits per heavy atom. The molecule has 96 valence electrons. The average molecular weight is 365 g/mol. The topological polar surface area (TPSA) is 37.4 Å². The van der Waals surface area contributed by atoms with Crippen LogP contribution in [0.3, 0.4) is 0 Å². The van der Waals surface area contributed by atoms with Crippen molar-refractivity contribution < 1.29 is 9.59 Å². The third-order valence-electron chi connectivity index (χ3n) is 2.80. The standard InChI is InChI=1S/C15H12INO2/c1-17(10-18)14-8-4-12(5-9-14)15(19)11-2-6-13(16)7-3-11/h2-10H,1H3. The molecule has 3 nitrogen and oxygen atoms in total. The molecule has 0 heterocycles. The van der Waals surface area contributed by atoms with Gasteiger partial charge in [0.2, 0.25) is 6.41 Å². The van der Waals surface area contributed by atoms with Crippen LogP contribution in [0.25, 0.3) is 0 Å². The Kier molecular flexibility index (Phi) is 4.31. The van der Waals surface area contributed by atoms with Crippen LogP contribution in [0, 0.1) is 3.57 Å². The zero-order chi connectivity index (χ0) is 13.8. The Morgan fingerprint density at radius 1 is 1.00 bits per heavy atom. The van der Waals surface area contributed by atoms with E-state index in [1.807, 2.05) is 24.3 Å². The first-order chi connectivity index (χ1) is 9.11. The minimum Gasteiger partial charge on any atom is -0.318 e. The fourth-order valence-corrected chi connectivity index (χ4v) is 2.04. The maximum absolute atomic E-state index is 12.2. The first-order valence-corrected chi connectivity index (χ1v) is 6.78. The first kappa shape index (κ1) is 13.7. The number of benzene rings is 2. The van der Waals surface area contributed by atoms with Crippen LogP contribution in [-0.2, 0) is 4.79 Å². The van der Waals surface area contributed by atoms with Gasteiger partial charge in [0.15, 0.2) is 5.78 Å². The molecule has 0 N–H and O–H groups in total. The number of hydrogen-bond acceptors (Lipinski definition) is 2. The van der Waals surface area contributed by atoms with E-state index in [9.17, 15) is 9.59 Å². The van der Waals surface area contributed by atoms with E-state index in [-0.39, 0.29) is 5.78 Å². The molecular formula is C15H12INO2. The smallest absolute Gasteiger partial charge is 0.213 e. The van der Waals surface area contributed by atoms with Gasteiger partial charge in [0.05, 0.1) is 0 Å². The molecule has 0 spiro atoms. The molecule has 0 aromatic heterocycles. The molecule has 0 fully saturated rings. The van der Waals surface area contributed by atoms with Crippen molar-refractivity contribution >= 4 is 40.5 Å². The molecule has 0 saturated heterocycles. The molecule has 0 saturated carbocycles. The van der Waals surface area contributed by atoms with Gasteiger partial charge in [-0.2, -0.15) is 0 Å². The SMILES string of the molecule is CN(C=O)c1ccc(C(=O)c2ccc(I)cc2)cc1. The molecule has 0 aliphatic heterocycles. The molecule has 0 radical (unpaired) electrons. The Bertz CT molecular complexity index is 591. The van der Waals surface area contributed by atoms with Gasteiger partial charge in [-0.1, -0.05) is 0 Å². The summed E-state index contributed by atoms with van der Waals surface area (Å²) < 4.78 is 1.09. The Labute approximate surface area is 125 Å². The molecule has 1 amide bonds. The Balaban J connectivity index is 2.24. The molecule has 0 aliphatic rings. The second kappa shape index (κ2) is 5.97. The highest BCUT2D eigenvalue weighted by Gasteiger charge is 2.09. The van der Waals surface area contributed by atoms with Crippen LogP contribution in [0.1, 0.15) is 15.9 Å². The van der Waals surface area contributed by atoms with E-state index in [1.54, 1.807) is 31.3 Å². The fourth-order valence-electron chi connectivity index (χ4n) is 1.68. The van der Waals surface area contributed by atoms with Crippen LogP contribution in [0.15, 0.2) is 48.5 Å². The predicted molar refractivity (Wildman–Crippen MR) is 83.5 cm³/mol. The molecular weight excluding hydrogens is 353 g/mol. The normalized spacial score (nSPS) is 10.0. The number of carbonyl (C=O) groups is 2. The summed E-state index contributed by atoms with van der Waals surface area (Å²) >= 11 is 2.20. The van der Waals surface area contributed by atoms with E-state index in [2.05, 4.69) is 22.6 Å². The molecule has 19 heavy (non-hydrogen) atoms. The van der Waals surface area contributed by atoms with Crippen molar-refractivity contribution in [3.05, 3.63) is 63.2 Å². The van der Waals surface area contributed by atoms with E-state index in [4.69, 9.17) is 0 Å². The minimum atomic E-state index is -0.0169. The number of carbonyl (C=O) groups excluding carboxylic acids is 2. The average Bonchev–Trinajstić information content (AvgIpc) is 2.46. The number of rotatable bonds is 4. The van der Waals surface area contributed by atoms with Gasteiger partial charge in [-0.25, -0.2) is 0 Å². The van der Waals surface area contributed by atoms with E-state index < -0.39 is 0 Å². The van der Waals surface area contributed by atoms with Gasteiger partial charge in [-0.15, -0.1) is 0 Å². The maximum atomic E-state index is 12.2. The monoisotopic (exact) mass is 365 g/mol. The summed E-state index contributed by atoms with van der Waals surface area (Å²) in [7, 11) is 1.67. The summed E-state index contributed by atoms with van der Waals surface area (Å²) in [6, 6.07) is 14.4. The third kappa shape index (κ3) is 3.20. The van der Waals surface area contributed by atoms with Crippen LogP contribution < -0.4 is 4.90 Å². The van der Waals surface area contributed by atoms with Gasteiger partial charge in [0.1, 0.15) is 0 Å². The van der Waals surface area contributed by atoms with E-state index in [0.29, 0.717) is 11.1 Å². The van der Waals surface area contributed by atoms with Gasteiger partial charge in [-0.3, -0.25) is 9.59 Å². The number of anilines is 1.